The number of amides is 2. The largest absolute Gasteiger partial charge is 0.507 e. The Hall–Kier alpha value is -3.85. The van der Waals surface area contributed by atoms with E-state index in [4.69, 9.17) is 5.73 Å². The van der Waals surface area contributed by atoms with Gasteiger partial charge in [0.1, 0.15) is 12.2 Å². The van der Waals surface area contributed by atoms with Crippen LogP contribution < -0.4 is 16.0 Å². The summed E-state index contributed by atoms with van der Waals surface area (Å²) in [6.45, 7) is -0.568. The Morgan fingerprint density at radius 2 is 1.74 bits per heavy atom. The third kappa shape index (κ3) is 4.83. The maximum absolute atomic E-state index is 13.9. The normalized spacial score (nSPS) is 29.1. The number of rotatable bonds is 6. The van der Waals surface area contributed by atoms with E-state index in [-0.39, 0.29) is 24.0 Å². The molecule has 2 amide bonds. The first-order valence-corrected chi connectivity index (χ1v) is 13.1. The van der Waals surface area contributed by atoms with Crippen molar-refractivity contribution in [3.05, 3.63) is 22.8 Å². The molecule has 5 N–H and O–H groups in total. The average molecular weight is 597 g/mol. The van der Waals surface area contributed by atoms with Crippen LogP contribution in [0.5, 0.6) is 5.75 Å². The van der Waals surface area contributed by atoms with E-state index in [2.05, 4.69) is 5.32 Å². The van der Waals surface area contributed by atoms with Crippen molar-refractivity contribution >= 4 is 40.6 Å². The first-order valence-electron chi connectivity index (χ1n) is 13.1. The molecule has 0 radical (unpaired) electrons. The molecular weight excluding hydrogens is 565 g/mol. The van der Waals surface area contributed by atoms with E-state index >= 15 is 0 Å². The summed E-state index contributed by atoms with van der Waals surface area (Å²) in [5.74, 6) is -13.6. The summed E-state index contributed by atoms with van der Waals surface area (Å²) in [5, 5.41) is 24.8. The molecule has 42 heavy (non-hydrogen) atoms. The van der Waals surface area contributed by atoms with Crippen molar-refractivity contribution in [1.29, 1.82) is 0 Å². The van der Waals surface area contributed by atoms with Gasteiger partial charge in [0.25, 0.3) is 0 Å². The van der Waals surface area contributed by atoms with Gasteiger partial charge in [0.05, 0.1) is 17.5 Å². The number of carbonyl (C=O) groups excluding carboxylic acids is 6. The van der Waals surface area contributed by atoms with Gasteiger partial charge in [0.2, 0.25) is 11.8 Å². The number of primary amides is 1. The smallest absolute Gasteiger partial charge is 0.397 e. The molecule has 12 nitrogen and oxygen atoms in total. The van der Waals surface area contributed by atoms with E-state index in [1.807, 2.05) is 0 Å². The minimum Gasteiger partial charge on any atom is -0.507 e. The lowest BCUT2D eigenvalue weighted by Crippen LogP contribution is -2.74. The third-order valence-electron chi connectivity index (χ3n) is 8.44. The number of anilines is 1. The van der Waals surface area contributed by atoms with Gasteiger partial charge in [-0.1, -0.05) is 0 Å². The molecular formula is C27H31F3N4O8. The number of benzene rings is 1. The van der Waals surface area contributed by atoms with Crippen molar-refractivity contribution in [2.24, 2.45) is 29.4 Å². The summed E-state index contributed by atoms with van der Waals surface area (Å²) in [5.41, 5.74) is 2.70. The Kier molecular flexibility index (Phi) is 7.74. The highest BCUT2D eigenvalue weighted by Crippen LogP contribution is 2.52. The topological polar surface area (TPSA) is 187 Å². The molecule has 0 saturated heterocycles. The van der Waals surface area contributed by atoms with Gasteiger partial charge in [0.15, 0.2) is 34.7 Å². The van der Waals surface area contributed by atoms with Crippen molar-refractivity contribution in [1.82, 2.24) is 10.2 Å². The average Bonchev–Trinajstić information content (AvgIpc) is 2.84. The SMILES string of the molecule is CN(C)c1cc(CNC(=O)CC(F)(F)F)c(O)c2c1C[C@H]1C[C@H]3[C@H](N(C)C)C(=O)C(C(N)=O)C(=O)[C@@]3(O)C(=O)C1C2=O. The summed E-state index contributed by atoms with van der Waals surface area (Å²) in [7, 11) is 6.19. The predicted octanol–water partition coefficient (Wildman–Crippen LogP) is -0.498. The molecule has 1 aromatic rings. The number of nitrogens with zero attached hydrogens (tertiary/aromatic N) is 2. The second-order valence-corrected chi connectivity index (χ2v) is 11.5. The van der Waals surface area contributed by atoms with Crippen molar-refractivity contribution < 1.29 is 52.2 Å². The van der Waals surface area contributed by atoms with Crippen LogP contribution in [-0.2, 0) is 36.9 Å². The van der Waals surface area contributed by atoms with Gasteiger partial charge >= 0.3 is 6.18 Å². The molecule has 228 valence electrons. The Bertz CT molecular complexity index is 1410. The van der Waals surface area contributed by atoms with E-state index in [1.165, 1.54) is 25.1 Å². The predicted molar refractivity (Wildman–Crippen MR) is 138 cm³/mol. The van der Waals surface area contributed by atoms with Crippen molar-refractivity contribution in [3.8, 4) is 5.75 Å². The second kappa shape index (κ2) is 10.5. The van der Waals surface area contributed by atoms with Crippen LogP contribution in [0.2, 0.25) is 0 Å². The fourth-order valence-electron chi connectivity index (χ4n) is 6.68. The number of aliphatic hydroxyl groups is 1. The molecule has 6 atom stereocenters. The molecule has 0 aromatic heterocycles. The number of aromatic hydroxyl groups is 1. The number of fused-ring (bicyclic) bond motifs is 3. The highest BCUT2D eigenvalue weighted by Gasteiger charge is 2.69. The van der Waals surface area contributed by atoms with Gasteiger partial charge in [-0.25, -0.2) is 0 Å². The van der Waals surface area contributed by atoms with Crippen LogP contribution in [-0.4, -0.2) is 96.1 Å². The van der Waals surface area contributed by atoms with E-state index in [1.54, 1.807) is 19.0 Å². The van der Waals surface area contributed by atoms with Gasteiger partial charge < -0.3 is 26.2 Å². The number of Topliss-reactive ketones (excluding diaryl/α,β-unsaturated/α-hetero) is 4. The Morgan fingerprint density at radius 3 is 2.26 bits per heavy atom. The Morgan fingerprint density at radius 1 is 1.12 bits per heavy atom. The maximum Gasteiger partial charge on any atom is 0.397 e. The lowest BCUT2D eigenvalue weighted by molar-refractivity contribution is -0.181. The fourth-order valence-corrected chi connectivity index (χ4v) is 6.68. The maximum atomic E-state index is 13.9. The summed E-state index contributed by atoms with van der Waals surface area (Å²) in [6, 6.07) is 0.167. The molecule has 15 heteroatoms. The molecule has 3 aliphatic carbocycles. The monoisotopic (exact) mass is 596 g/mol. The molecule has 0 aliphatic heterocycles. The lowest BCUT2D eigenvalue weighted by atomic mass is 9.52. The van der Waals surface area contributed by atoms with Crippen LogP contribution in [0.1, 0.15) is 34.3 Å². The number of carbonyl (C=O) groups is 6. The molecule has 2 fully saturated rings. The van der Waals surface area contributed by atoms with Crippen molar-refractivity contribution in [2.75, 3.05) is 33.1 Å². The second-order valence-electron chi connectivity index (χ2n) is 11.5. The number of hydrogen-bond donors (Lipinski definition) is 4. The minimum atomic E-state index is -4.76. The molecule has 0 heterocycles. The van der Waals surface area contributed by atoms with E-state index in [0.717, 1.165) is 0 Å². The summed E-state index contributed by atoms with van der Waals surface area (Å²) in [4.78, 5) is 81.2. The van der Waals surface area contributed by atoms with Gasteiger partial charge in [-0.05, 0) is 44.5 Å². The molecule has 0 bridgehead atoms. The van der Waals surface area contributed by atoms with Crippen LogP contribution in [0, 0.1) is 23.7 Å². The van der Waals surface area contributed by atoms with E-state index in [9.17, 15) is 52.2 Å². The van der Waals surface area contributed by atoms with Crippen LogP contribution in [0.15, 0.2) is 6.07 Å². The number of phenolic OH excluding ortho intramolecular Hbond substituents is 1. The standard InChI is InChI=1S/C27H31F3N4O8/c1-33(2)14-7-11(9-32-15(35)8-26(28,29)30)20(36)17-12(14)5-10-6-13-19(34(3)4)22(38)18(25(31)41)24(40)27(13,42)23(39)16(10)21(17)37/h7,10,13,16,18-19,36,42H,5-6,8-9H2,1-4H3,(H2,31,41)(H,32,35)/t10-,13-,16?,18?,19-,27-/m0/s1. The van der Waals surface area contributed by atoms with E-state index < -0.39 is 95.2 Å². The summed E-state index contributed by atoms with van der Waals surface area (Å²) >= 11 is 0. The molecule has 3 aliphatic rings. The number of phenols is 1. The number of likely N-dealkylation sites (N-methyl/N-ethyl adjacent to an activating group) is 1. The van der Waals surface area contributed by atoms with Crippen LogP contribution in [0.3, 0.4) is 0 Å². The Balaban J connectivity index is 1.80. The van der Waals surface area contributed by atoms with Crippen LogP contribution >= 0.6 is 0 Å². The van der Waals surface area contributed by atoms with Crippen molar-refractivity contribution in [2.45, 2.75) is 43.6 Å². The van der Waals surface area contributed by atoms with Crippen molar-refractivity contribution in [3.63, 3.8) is 0 Å². The number of hydrogen-bond acceptors (Lipinski definition) is 10. The van der Waals surface area contributed by atoms with Crippen LogP contribution in [0.25, 0.3) is 0 Å². The van der Waals surface area contributed by atoms with Gasteiger partial charge in [-0.2, -0.15) is 13.2 Å². The summed E-state index contributed by atoms with van der Waals surface area (Å²) < 4.78 is 37.8. The molecule has 2 unspecified atom stereocenters. The zero-order valence-corrected chi connectivity index (χ0v) is 23.2. The number of nitrogens with one attached hydrogen (secondary N) is 1. The molecule has 4 rings (SSSR count). The molecule has 0 spiro atoms. The minimum absolute atomic E-state index is 0.00756. The number of nitrogens with two attached hydrogens (primary N) is 1. The Labute approximate surface area is 238 Å². The number of ketones is 4. The van der Waals surface area contributed by atoms with Gasteiger partial charge in [-0.3, -0.25) is 33.7 Å². The van der Waals surface area contributed by atoms with Gasteiger partial charge in [-0.15, -0.1) is 0 Å². The first kappa shape index (κ1) is 31.1. The number of alkyl halides is 3. The summed E-state index contributed by atoms with van der Waals surface area (Å²) in [6.07, 6.45) is -6.64. The quantitative estimate of drug-likeness (QED) is 0.312. The lowest BCUT2D eigenvalue weighted by Gasteiger charge is -2.52. The zero-order valence-electron chi connectivity index (χ0n) is 23.2. The first-order chi connectivity index (χ1) is 19.3. The molecule has 2 saturated carbocycles. The van der Waals surface area contributed by atoms with Gasteiger partial charge in [0, 0.05) is 37.8 Å². The van der Waals surface area contributed by atoms with Crippen LogP contribution in [0.4, 0.5) is 18.9 Å². The third-order valence-corrected chi connectivity index (χ3v) is 8.44. The zero-order chi connectivity index (χ0) is 31.6. The number of halogens is 3. The highest BCUT2D eigenvalue weighted by atomic mass is 19.4. The highest BCUT2D eigenvalue weighted by molar-refractivity contribution is 6.32. The molecule has 1 aromatic carbocycles. The fraction of sp³-hybridized carbons (Fsp3) is 0.556. The van der Waals surface area contributed by atoms with E-state index in [0.29, 0.717) is 11.3 Å².